The number of hydrogen-bond donors (Lipinski definition) is 2. The quantitative estimate of drug-likeness (QED) is 0.0689. The van der Waals surface area contributed by atoms with E-state index in [-0.39, 0.29) is 58.3 Å². The highest BCUT2D eigenvalue weighted by molar-refractivity contribution is 5.99. The summed E-state index contributed by atoms with van der Waals surface area (Å²) in [5, 5.41) is 0. The number of aromatic amines is 2. The number of fused-ring (bicyclic) bond motifs is 2. The summed E-state index contributed by atoms with van der Waals surface area (Å²) in [6, 6.07) is 26.0. The van der Waals surface area contributed by atoms with E-state index in [1.54, 1.807) is 50.4 Å². The van der Waals surface area contributed by atoms with Crippen molar-refractivity contribution in [1.29, 1.82) is 0 Å². The van der Waals surface area contributed by atoms with Crippen LogP contribution in [0.25, 0.3) is 49.9 Å². The highest BCUT2D eigenvalue weighted by atomic mass is 19.1. The van der Waals surface area contributed by atoms with Crippen molar-refractivity contribution in [2.24, 2.45) is 0 Å². The highest BCUT2D eigenvalue weighted by Crippen LogP contribution is 2.36. The van der Waals surface area contributed by atoms with Gasteiger partial charge in [-0.05, 0) is 115 Å². The van der Waals surface area contributed by atoms with Gasteiger partial charge >= 0.3 is 0 Å². The molecular formula is C64H52F4N6O8. The van der Waals surface area contributed by atoms with Crippen LogP contribution in [0.4, 0.5) is 17.6 Å². The average Bonchev–Trinajstić information content (AvgIpc) is 3.56. The first kappa shape index (κ1) is 56.6. The van der Waals surface area contributed by atoms with E-state index in [0.29, 0.717) is 78.8 Å². The molecule has 0 spiro atoms. The molecule has 10 rings (SSSR count). The van der Waals surface area contributed by atoms with Crippen molar-refractivity contribution in [3.8, 4) is 57.0 Å². The number of methoxy groups -OCH3 is 2. The summed E-state index contributed by atoms with van der Waals surface area (Å²) in [4.78, 5) is 76.2. The Hall–Kier alpha value is -10.1. The molecule has 2 N–H and O–H groups in total. The van der Waals surface area contributed by atoms with E-state index in [1.165, 1.54) is 106 Å². The Bertz CT molecular complexity index is 4260. The minimum atomic E-state index is -0.699. The molecule has 0 atom stereocenters. The number of ketones is 2. The smallest absolute Gasteiger partial charge is 0.221 e. The van der Waals surface area contributed by atoms with Crippen LogP contribution in [0, 0.1) is 37.1 Å². The second kappa shape index (κ2) is 24.1. The van der Waals surface area contributed by atoms with E-state index in [9.17, 15) is 28.0 Å². The number of halogens is 4. The van der Waals surface area contributed by atoms with Gasteiger partial charge in [0, 0.05) is 83.4 Å². The number of nitrogens with one attached hydrogen (secondary N) is 2. The van der Waals surface area contributed by atoms with Gasteiger partial charge in [0.05, 0.1) is 36.4 Å². The number of aryl methyl sites for hydroxylation is 2. The second-order valence-corrected chi connectivity index (χ2v) is 19.4. The summed E-state index contributed by atoms with van der Waals surface area (Å²) in [6.07, 6.45) is 5.35. The van der Waals surface area contributed by atoms with Gasteiger partial charge in [0.15, 0.2) is 57.1 Å². The summed E-state index contributed by atoms with van der Waals surface area (Å²) in [6.45, 7) is 13.2. The van der Waals surface area contributed by atoms with E-state index < -0.39 is 45.7 Å². The number of carbonyl (C=O) groups excluding carboxylic acids is 2. The SMILES string of the molecule is C=C(C)c1cc2nccc(Oc3ccc(CC(=O)c4c[nH]c(C)c(-c5ccc(F)cc5)c4=O)cc3F)c2nc1OC.COc1nc2c(Oc3ccc(CC(=O)c4c[nH]c(C)c(-c5ccc(F)cc5)c4=O)cc3F)ccnc2cc1C(C)C. The number of pyridine rings is 6. The van der Waals surface area contributed by atoms with Crippen molar-refractivity contribution in [1.82, 2.24) is 29.9 Å². The van der Waals surface area contributed by atoms with Gasteiger partial charge in [-0.3, -0.25) is 29.1 Å². The van der Waals surface area contributed by atoms with Crippen molar-refractivity contribution < 1.29 is 46.1 Å². The van der Waals surface area contributed by atoms with Gasteiger partial charge in [-0.15, -0.1) is 0 Å². The van der Waals surface area contributed by atoms with Gasteiger partial charge in [0.25, 0.3) is 0 Å². The molecule has 6 aromatic heterocycles. The normalized spacial score (nSPS) is 11.1. The summed E-state index contributed by atoms with van der Waals surface area (Å²) < 4.78 is 79.6. The maximum atomic E-state index is 15.2. The maximum absolute atomic E-state index is 15.2. The molecule has 14 nitrogen and oxygen atoms in total. The Morgan fingerprint density at radius 3 is 1.39 bits per heavy atom. The highest BCUT2D eigenvalue weighted by Gasteiger charge is 2.22. The first-order valence-corrected chi connectivity index (χ1v) is 25.6. The Balaban J connectivity index is 0.000000198. The molecule has 0 bridgehead atoms. The van der Waals surface area contributed by atoms with Crippen LogP contribution in [0.2, 0.25) is 0 Å². The monoisotopic (exact) mass is 1110 g/mol. The van der Waals surface area contributed by atoms with Crippen molar-refractivity contribution in [2.75, 3.05) is 14.2 Å². The molecule has 0 fully saturated rings. The summed E-state index contributed by atoms with van der Waals surface area (Å²) in [5.74, 6) is -1.87. The minimum Gasteiger partial charge on any atom is -0.481 e. The van der Waals surface area contributed by atoms with Crippen molar-refractivity contribution in [3.05, 3.63) is 229 Å². The summed E-state index contributed by atoms with van der Waals surface area (Å²) in [7, 11) is 3.02. The van der Waals surface area contributed by atoms with Gasteiger partial charge < -0.3 is 28.9 Å². The van der Waals surface area contributed by atoms with Gasteiger partial charge in [0.1, 0.15) is 22.7 Å². The first-order chi connectivity index (χ1) is 39.3. The Kier molecular flexibility index (Phi) is 16.6. The van der Waals surface area contributed by atoms with E-state index in [1.807, 2.05) is 26.8 Å². The molecule has 414 valence electrons. The molecule has 0 saturated carbocycles. The standard InChI is InChI=1S/C32H27F2N3O4.C32H25F2N3O4/c2*1-17(2)22-15-25-30(37-32(22)40-4)28(11-12-35-25)41-27-10-5-19(13-24(27)34)14-26(38)23-16-36-18(3)29(31(23)39)20-6-8-21(33)9-7-20/h5-13,15-17H,14H2,1-4H3,(H,36,39);5-13,15-16H,1,14H2,2-4H3,(H,36,39). The van der Waals surface area contributed by atoms with Crippen molar-refractivity contribution in [3.63, 3.8) is 0 Å². The molecule has 6 heterocycles. The van der Waals surface area contributed by atoms with Crippen LogP contribution in [0.3, 0.4) is 0 Å². The number of nitrogens with zero attached hydrogens (tertiary/aromatic N) is 4. The Morgan fingerprint density at radius 2 is 0.988 bits per heavy atom. The minimum absolute atomic E-state index is 0.0609. The van der Waals surface area contributed by atoms with E-state index in [4.69, 9.17) is 18.9 Å². The zero-order chi connectivity index (χ0) is 58.5. The number of aromatic nitrogens is 6. The molecule has 0 aliphatic heterocycles. The summed E-state index contributed by atoms with van der Waals surface area (Å²) in [5.41, 5.74) is 6.46. The van der Waals surface area contributed by atoms with Crippen molar-refractivity contribution >= 4 is 39.2 Å². The molecule has 0 saturated heterocycles. The Labute approximate surface area is 467 Å². The molecule has 0 aliphatic rings. The molecule has 0 radical (unpaired) electrons. The lowest BCUT2D eigenvalue weighted by Crippen LogP contribution is -2.20. The molecule has 0 aliphatic carbocycles. The van der Waals surface area contributed by atoms with Crippen LogP contribution < -0.4 is 29.8 Å². The number of rotatable bonds is 16. The van der Waals surface area contributed by atoms with E-state index in [0.717, 1.165) is 11.1 Å². The van der Waals surface area contributed by atoms with Crippen LogP contribution in [0.1, 0.15) is 81.0 Å². The van der Waals surface area contributed by atoms with E-state index >= 15 is 8.78 Å². The number of benzene rings is 4. The zero-order valence-electron chi connectivity index (χ0n) is 45.5. The predicted molar refractivity (Wildman–Crippen MR) is 304 cm³/mol. The van der Waals surface area contributed by atoms with Gasteiger partial charge in [-0.2, -0.15) is 0 Å². The zero-order valence-corrected chi connectivity index (χ0v) is 45.5. The largest absolute Gasteiger partial charge is 0.481 e. The number of H-pyrrole nitrogens is 2. The van der Waals surface area contributed by atoms with E-state index in [2.05, 4.69) is 36.5 Å². The van der Waals surface area contributed by atoms with Crippen LogP contribution in [-0.4, -0.2) is 55.7 Å². The molecule has 0 amide bonds. The average molecular weight is 1110 g/mol. The van der Waals surface area contributed by atoms with Crippen LogP contribution >= 0.6 is 0 Å². The van der Waals surface area contributed by atoms with Crippen LogP contribution in [0.5, 0.6) is 34.8 Å². The first-order valence-electron chi connectivity index (χ1n) is 25.6. The maximum Gasteiger partial charge on any atom is 0.221 e. The van der Waals surface area contributed by atoms with Gasteiger partial charge in [0.2, 0.25) is 11.8 Å². The van der Waals surface area contributed by atoms with Gasteiger partial charge in [-0.1, -0.05) is 56.8 Å². The lowest BCUT2D eigenvalue weighted by molar-refractivity contribution is 0.0983. The number of Topliss-reactive ketones (excluding diaryl/α,β-unsaturated/α-hetero) is 2. The third-order valence-electron chi connectivity index (χ3n) is 13.4. The number of ether oxygens (including phenoxy) is 4. The summed E-state index contributed by atoms with van der Waals surface area (Å²) >= 11 is 0. The fraction of sp³-hybridized carbons (Fsp3) is 0.156. The number of hydrogen-bond acceptors (Lipinski definition) is 12. The Morgan fingerprint density at radius 1 is 0.561 bits per heavy atom. The van der Waals surface area contributed by atoms with Crippen LogP contribution in [-0.2, 0) is 12.8 Å². The molecule has 82 heavy (non-hydrogen) atoms. The number of carbonyl (C=O) groups is 2. The lowest BCUT2D eigenvalue weighted by Gasteiger charge is -2.14. The molecule has 4 aromatic carbocycles. The third-order valence-corrected chi connectivity index (χ3v) is 13.4. The fourth-order valence-corrected chi connectivity index (χ4v) is 9.14. The van der Waals surface area contributed by atoms with Gasteiger partial charge in [-0.25, -0.2) is 27.5 Å². The van der Waals surface area contributed by atoms with Crippen molar-refractivity contribution in [2.45, 2.75) is 53.4 Å². The molecule has 10 aromatic rings. The number of allylic oxidation sites excluding steroid dienone is 1. The topological polar surface area (TPSA) is 188 Å². The fourth-order valence-electron chi connectivity index (χ4n) is 9.14. The second-order valence-electron chi connectivity index (χ2n) is 19.4. The molecule has 18 heteroatoms. The molecule has 0 unspecified atom stereocenters. The molecular weight excluding hydrogens is 1060 g/mol. The lowest BCUT2D eigenvalue weighted by atomic mass is 9.98. The van der Waals surface area contributed by atoms with Crippen LogP contribution in [0.15, 0.2) is 150 Å². The third kappa shape index (κ3) is 12.1. The predicted octanol–water partition coefficient (Wildman–Crippen LogP) is 13.8.